The quantitative estimate of drug-likeness (QED) is 0.799. The Morgan fingerprint density at radius 1 is 1.29 bits per heavy atom. The molecule has 1 N–H and O–H groups in total. The fourth-order valence-electron chi connectivity index (χ4n) is 2.28. The molecule has 1 fully saturated rings. The highest BCUT2D eigenvalue weighted by Gasteiger charge is 2.34. The summed E-state index contributed by atoms with van der Waals surface area (Å²) in [6.07, 6.45) is 0.335. The molecule has 3 heteroatoms. The van der Waals surface area contributed by atoms with Crippen molar-refractivity contribution < 1.29 is 4.74 Å². The molecule has 102 valence electrons. The third-order valence-electron chi connectivity index (χ3n) is 3.69. The molecular formula is C14H30N2O. The van der Waals surface area contributed by atoms with Crippen molar-refractivity contribution in [3.05, 3.63) is 0 Å². The molecule has 1 atom stereocenters. The summed E-state index contributed by atoms with van der Waals surface area (Å²) in [7, 11) is 0. The van der Waals surface area contributed by atoms with E-state index in [9.17, 15) is 0 Å². The Morgan fingerprint density at radius 2 is 1.94 bits per heavy atom. The first-order valence-corrected chi connectivity index (χ1v) is 6.93. The van der Waals surface area contributed by atoms with E-state index in [1.807, 2.05) is 0 Å². The van der Waals surface area contributed by atoms with Crippen LogP contribution in [0.4, 0.5) is 0 Å². The minimum atomic E-state index is 0.242. The van der Waals surface area contributed by atoms with Crippen LogP contribution in [0.25, 0.3) is 0 Å². The van der Waals surface area contributed by atoms with Gasteiger partial charge in [-0.3, -0.25) is 4.90 Å². The monoisotopic (exact) mass is 242 g/mol. The summed E-state index contributed by atoms with van der Waals surface area (Å²) in [5, 5.41) is 3.66. The first-order chi connectivity index (χ1) is 7.83. The maximum Gasteiger partial charge on any atom is 0.0597 e. The molecule has 17 heavy (non-hydrogen) atoms. The second kappa shape index (κ2) is 6.17. The third-order valence-corrected chi connectivity index (χ3v) is 3.69. The topological polar surface area (TPSA) is 24.5 Å². The van der Waals surface area contributed by atoms with Crippen LogP contribution in [0.5, 0.6) is 0 Å². The number of ether oxygens (including phenoxy) is 1. The number of hydrogen-bond donors (Lipinski definition) is 1. The minimum absolute atomic E-state index is 0.242. The van der Waals surface area contributed by atoms with Gasteiger partial charge in [-0.25, -0.2) is 0 Å². The van der Waals surface area contributed by atoms with Crippen LogP contribution in [0.15, 0.2) is 0 Å². The Morgan fingerprint density at radius 3 is 2.47 bits per heavy atom. The number of rotatable bonds is 5. The number of hydrogen-bond acceptors (Lipinski definition) is 3. The molecule has 1 unspecified atom stereocenters. The fourth-order valence-corrected chi connectivity index (χ4v) is 2.28. The molecule has 0 amide bonds. The van der Waals surface area contributed by atoms with E-state index < -0.39 is 0 Å². The van der Waals surface area contributed by atoms with Crippen LogP contribution in [0.2, 0.25) is 0 Å². The zero-order valence-corrected chi connectivity index (χ0v) is 12.4. The molecule has 0 spiro atoms. The van der Waals surface area contributed by atoms with Crippen molar-refractivity contribution in [2.75, 3.05) is 26.2 Å². The summed E-state index contributed by atoms with van der Waals surface area (Å²) < 4.78 is 5.67. The average molecular weight is 242 g/mol. The normalized spacial score (nSPS) is 25.8. The Hall–Kier alpha value is -0.120. The van der Waals surface area contributed by atoms with Gasteiger partial charge < -0.3 is 10.1 Å². The van der Waals surface area contributed by atoms with Gasteiger partial charge in [0, 0.05) is 31.2 Å². The third kappa shape index (κ3) is 4.57. The summed E-state index contributed by atoms with van der Waals surface area (Å²) >= 11 is 0. The largest absolute Gasteiger partial charge is 0.377 e. The Bertz CT molecular complexity index is 226. The van der Waals surface area contributed by atoms with E-state index in [-0.39, 0.29) is 5.54 Å². The first-order valence-electron chi connectivity index (χ1n) is 6.93. The van der Waals surface area contributed by atoms with Crippen molar-refractivity contribution in [2.45, 2.75) is 59.2 Å². The van der Waals surface area contributed by atoms with Crippen LogP contribution < -0.4 is 5.32 Å². The van der Waals surface area contributed by atoms with Gasteiger partial charge in [-0.1, -0.05) is 13.8 Å². The van der Waals surface area contributed by atoms with Gasteiger partial charge in [-0.15, -0.1) is 0 Å². The van der Waals surface area contributed by atoms with Crippen LogP contribution in [-0.4, -0.2) is 48.8 Å². The van der Waals surface area contributed by atoms with Crippen LogP contribution in [-0.2, 0) is 4.74 Å². The maximum atomic E-state index is 5.67. The predicted molar refractivity (Wildman–Crippen MR) is 73.4 cm³/mol. The Labute approximate surface area is 107 Å². The predicted octanol–water partition coefficient (Wildman–Crippen LogP) is 2.12. The molecule has 0 aliphatic carbocycles. The molecule has 1 aliphatic rings. The standard InChI is InChI=1S/C14H30N2O/c1-11(2)13-9-16(7-8-17-12(3)4)14(5,6)10-15-13/h11-13,15H,7-10H2,1-6H3. The number of nitrogens with zero attached hydrogens (tertiary/aromatic N) is 1. The highest BCUT2D eigenvalue weighted by atomic mass is 16.5. The molecule has 1 saturated heterocycles. The Kier molecular flexibility index (Phi) is 5.42. The average Bonchev–Trinajstić information content (AvgIpc) is 2.19. The van der Waals surface area contributed by atoms with Crippen molar-refractivity contribution >= 4 is 0 Å². The van der Waals surface area contributed by atoms with Crippen molar-refractivity contribution in [3.8, 4) is 0 Å². The van der Waals surface area contributed by atoms with Gasteiger partial charge in [0.05, 0.1) is 12.7 Å². The SMILES string of the molecule is CC(C)OCCN1CC(C(C)C)NCC1(C)C. The maximum absolute atomic E-state index is 5.67. The molecule has 0 aromatic rings. The lowest BCUT2D eigenvalue weighted by Gasteiger charge is -2.47. The molecule has 0 radical (unpaired) electrons. The van der Waals surface area contributed by atoms with Gasteiger partial charge in [0.2, 0.25) is 0 Å². The van der Waals surface area contributed by atoms with Crippen molar-refractivity contribution in [1.29, 1.82) is 0 Å². The van der Waals surface area contributed by atoms with E-state index in [2.05, 4.69) is 51.8 Å². The van der Waals surface area contributed by atoms with Crippen molar-refractivity contribution in [3.63, 3.8) is 0 Å². The van der Waals surface area contributed by atoms with E-state index in [4.69, 9.17) is 4.74 Å². The molecule has 1 heterocycles. The van der Waals surface area contributed by atoms with Crippen LogP contribution >= 0.6 is 0 Å². The van der Waals surface area contributed by atoms with Gasteiger partial charge in [0.1, 0.15) is 0 Å². The van der Waals surface area contributed by atoms with E-state index in [1.54, 1.807) is 0 Å². The minimum Gasteiger partial charge on any atom is -0.377 e. The molecule has 3 nitrogen and oxygen atoms in total. The second-order valence-electron chi connectivity index (χ2n) is 6.41. The molecule has 0 bridgehead atoms. The Balaban J connectivity index is 2.46. The summed E-state index contributed by atoms with van der Waals surface area (Å²) in [4.78, 5) is 2.57. The van der Waals surface area contributed by atoms with Gasteiger partial charge >= 0.3 is 0 Å². The zero-order chi connectivity index (χ0) is 13.1. The van der Waals surface area contributed by atoms with Crippen molar-refractivity contribution in [2.24, 2.45) is 5.92 Å². The molecule has 0 aromatic carbocycles. The van der Waals surface area contributed by atoms with Crippen LogP contribution in [0, 0.1) is 5.92 Å². The first kappa shape index (κ1) is 14.9. The summed E-state index contributed by atoms with van der Waals surface area (Å²) in [6, 6.07) is 0.613. The smallest absolute Gasteiger partial charge is 0.0597 e. The highest BCUT2D eigenvalue weighted by Crippen LogP contribution is 2.20. The highest BCUT2D eigenvalue weighted by molar-refractivity contribution is 4.93. The lowest BCUT2D eigenvalue weighted by molar-refractivity contribution is 0.00605. The van der Waals surface area contributed by atoms with Gasteiger partial charge in [-0.2, -0.15) is 0 Å². The summed E-state index contributed by atoms with van der Waals surface area (Å²) in [5.74, 6) is 0.694. The molecule has 0 saturated carbocycles. The van der Waals surface area contributed by atoms with E-state index >= 15 is 0 Å². The molecule has 1 aliphatic heterocycles. The zero-order valence-electron chi connectivity index (χ0n) is 12.4. The molecular weight excluding hydrogens is 212 g/mol. The van der Waals surface area contributed by atoms with Crippen molar-refractivity contribution in [1.82, 2.24) is 10.2 Å². The van der Waals surface area contributed by atoms with Crippen LogP contribution in [0.3, 0.4) is 0 Å². The molecule has 0 aromatic heterocycles. The van der Waals surface area contributed by atoms with Crippen LogP contribution in [0.1, 0.15) is 41.5 Å². The summed E-state index contributed by atoms with van der Waals surface area (Å²) in [5.41, 5.74) is 0.242. The van der Waals surface area contributed by atoms with E-state index in [1.165, 1.54) is 0 Å². The summed E-state index contributed by atoms with van der Waals surface area (Å²) in [6.45, 7) is 17.5. The van der Waals surface area contributed by atoms with Gasteiger partial charge in [0.15, 0.2) is 0 Å². The fraction of sp³-hybridized carbons (Fsp3) is 1.00. The molecule has 1 rings (SSSR count). The van der Waals surface area contributed by atoms with E-state index in [0.717, 1.165) is 26.2 Å². The number of nitrogens with one attached hydrogen (secondary N) is 1. The lowest BCUT2D eigenvalue weighted by atomic mass is 9.93. The second-order valence-corrected chi connectivity index (χ2v) is 6.41. The van der Waals surface area contributed by atoms with Gasteiger partial charge in [0.25, 0.3) is 0 Å². The van der Waals surface area contributed by atoms with Gasteiger partial charge in [-0.05, 0) is 33.6 Å². The number of piperazine rings is 1. The lowest BCUT2D eigenvalue weighted by Crippen LogP contribution is -2.63. The van der Waals surface area contributed by atoms with E-state index in [0.29, 0.717) is 18.1 Å².